The molecule has 0 atom stereocenters. The Morgan fingerprint density at radius 2 is 2.27 bits per heavy atom. The van der Waals surface area contributed by atoms with Crippen LogP contribution in [0.15, 0.2) is 16.5 Å². The summed E-state index contributed by atoms with van der Waals surface area (Å²) in [5, 5.41) is 3.02. The lowest BCUT2D eigenvalue weighted by molar-refractivity contribution is 0.0923. The standard InChI is InChI=1S/C10H14ClNO2S/c1-10(2,15-3)6-12-9(13)7-4-5-8(11)14-7/h4-5H,6H2,1-3H3,(H,12,13). The smallest absolute Gasteiger partial charge is 0.287 e. The summed E-state index contributed by atoms with van der Waals surface area (Å²) in [7, 11) is 0. The zero-order valence-electron chi connectivity index (χ0n) is 8.96. The molecule has 1 aromatic heterocycles. The third-order valence-corrected chi connectivity index (χ3v) is 3.48. The van der Waals surface area contributed by atoms with Gasteiger partial charge in [0.2, 0.25) is 0 Å². The van der Waals surface area contributed by atoms with E-state index in [9.17, 15) is 4.79 Å². The Bertz CT molecular complexity index is 349. The molecule has 0 aromatic carbocycles. The molecule has 0 bridgehead atoms. The molecule has 1 rings (SSSR count). The molecule has 3 nitrogen and oxygen atoms in total. The highest BCUT2D eigenvalue weighted by molar-refractivity contribution is 7.99. The van der Waals surface area contributed by atoms with Gasteiger partial charge in [0.1, 0.15) is 0 Å². The third-order valence-electron chi connectivity index (χ3n) is 2.02. The molecule has 15 heavy (non-hydrogen) atoms. The average molecular weight is 248 g/mol. The summed E-state index contributed by atoms with van der Waals surface area (Å²) >= 11 is 7.27. The molecule has 0 unspecified atom stereocenters. The van der Waals surface area contributed by atoms with Crippen molar-refractivity contribution in [3.05, 3.63) is 23.1 Å². The monoisotopic (exact) mass is 247 g/mol. The number of thioether (sulfide) groups is 1. The van der Waals surface area contributed by atoms with E-state index in [0.29, 0.717) is 6.54 Å². The molecular weight excluding hydrogens is 234 g/mol. The lowest BCUT2D eigenvalue weighted by Gasteiger charge is -2.21. The SMILES string of the molecule is CSC(C)(C)CNC(=O)c1ccc(Cl)o1. The van der Waals surface area contributed by atoms with Gasteiger partial charge in [0, 0.05) is 11.3 Å². The first-order valence-electron chi connectivity index (χ1n) is 4.53. The maximum Gasteiger partial charge on any atom is 0.287 e. The van der Waals surface area contributed by atoms with Crippen LogP contribution in [-0.2, 0) is 0 Å². The Labute approximate surface area is 98.6 Å². The summed E-state index contributed by atoms with van der Waals surface area (Å²) < 4.78 is 5.01. The van der Waals surface area contributed by atoms with Crippen molar-refractivity contribution in [2.24, 2.45) is 0 Å². The van der Waals surface area contributed by atoms with Gasteiger partial charge in [0.05, 0.1) is 0 Å². The van der Waals surface area contributed by atoms with Crippen molar-refractivity contribution in [1.82, 2.24) is 5.32 Å². The van der Waals surface area contributed by atoms with Crippen LogP contribution < -0.4 is 5.32 Å². The fourth-order valence-corrected chi connectivity index (χ4v) is 1.25. The molecule has 1 amide bonds. The second-order valence-corrected chi connectivity index (χ2v) is 5.64. The highest BCUT2D eigenvalue weighted by atomic mass is 35.5. The number of carbonyl (C=O) groups excluding carboxylic acids is 1. The Morgan fingerprint density at radius 1 is 1.60 bits per heavy atom. The number of rotatable bonds is 4. The van der Waals surface area contributed by atoms with Gasteiger partial charge in [-0.1, -0.05) is 0 Å². The largest absolute Gasteiger partial charge is 0.440 e. The second kappa shape index (κ2) is 4.94. The highest BCUT2D eigenvalue weighted by Crippen LogP contribution is 2.20. The first-order valence-corrected chi connectivity index (χ1v) is 6.13. The average Bonchev–Trinajstić information content (AvgIpc) is 2.61. The van der Waals surface area contributed by atoms with Crippen LogP contribution in [-0.4, -0.2) is 23.5 Å². The van der Waals surface area contributed by atoms with Crippen molar-refractivity contribution < 1.29 is 9.21 Å². The number of hydrogen-bond acceptors (Lipinski definition) is 3. The van der Waals surface area contributed by atoms with Gasteiger partial charge < -0.3 is 9.73 Å². The third kappa shape index (κ3) is 3.80. The van der Waals surface area contributed by atoms with Gasteiger partial charge in [-0.2, -0.15) is 11.8 Å². The van der Waals surface area contributed by atoms with E-state index in [1.165, 1.54) is 0 Å². The predicted octanol–water partition coefficient (Wildman–Crippen LogP) is 2.80. The first-order chi connectivity index (χ1) is 6.94. The van der Waals surface area contributed by atoms with Crippen LogP contribution >= 0.6 is 23.4 Å². The van der Waals surface area contributed by atoms with Crippen LogP contribution in [0.4, 0.5) is 0 Å². The maximum atomic E-state index is 11.5. The van der Waals surface area contributed by atoms with E-state index in [0.717, 1.165) is 0 Å². The van der Waals surface area contributed by atoms with Gasteiger partial charge >= 0.3 is 0 Å². The molecule has 0 radical (unpaired) electrons. The van der Waals surface area contributed by atoms with Crippen molar-refractivity contribution in [1.29, 1.82) is 0 Å². The minimum Gasteiger partial charge on any atom is -0.440 e. The lowest BCUT2D eigenvalue weighted by atomic mass is 10.2. The number of hydrogen-bond donors (Lipinski definition) is 1. The first kappa shape index (κ1) is 12.5. The van der Waals surface area contributed by atoms with E-state index >= 15 is 0 Å². The van der Waals surface area contributed by atoms with Crippen molar-refractivity contribution >= 4 is 29.3 Å². The molecule has 0 aliphatic carbocycles. The number of carbonyl (C=O) groups is 1. The molecular formula is C10H14ClNO2S. The fraction of sp³-hybridized carbons (Fsp3) is 0.500. The van der Waals surface area contributed by atoms with Crippen molar-refractivity contribution in [3.63, 3.8) is 0 Å². The molecule has 0 fully saturated rings. The molecule has 1 aromatic rings. The Morgan fingerprint density at radius 3 is 2.73 bits per heavy atom. The Kier molecular flexibility index (Phi) is 4.11. The summed E-state index contributed by atoms with van der Waals surface area (Å²) in [4.78, 5) is 11.5. The maximum absolute atomic E-state index is 11.5. The number of furan rings is 1. The van der Waals surface area contributed by atoms with Gasteiger partial charge in [0.25, 0.3) is 5.91 Å². The van der Waals surface area contributed by atoms with Gasteiger partial charge in [-0.3, -0.25) is 4.79 Å². The van der Waals surface area contributed by atoms with Crippen LogP contribution in [0.3, 0.4) is 0 Å². The topological polar surface area (TPSA) is 42.2 Å². The molecule has 0 saturated heterocycles. The van der Waals surface area contributed by atoms with Gasteiger partial charge in [0.15, 0.2) is 11.0 Å². The highest BCUT2D eigenvalue weighted by Gasteiger charge is 2.18. The van der Waals surface area contributed by atoms with E-state index in [1.54, 1.807) is 23.9 Å². The van der Waals surface area contributed by atoms with Crippen molar-refractivity contribution in [3.8, 4) is 0 Å². The van der Waals surface area contributed by atoms with Crippen molar-refractivity contribution in [2.75, 3.05) is 12.8 Å². The Hall–Kier alpha value is -0.610. The molecule has 1 N–H and O–H groups in total. The van der Waals surface area contributed by atoms with E-state index in [1.807, 2.05) is 6.26 Å². The van der Waals surface area contributed by atoms with Gasteiger partial charge in [-0.25, -0.2) is 0 Å². The van der Waals surface area contributed by atoms with Crippen LogP contribution in [0.1, 0.15) is 24.4 Å². The van der Waals surface area contributed by atoms with Gasteiger partial charge in [-0.15, -0.1) is 0 Å². The minimum atomic E-state index is -0.232. The normalized spacial score (nSPS) is 11.5. The molecule has 0 aliphatic heterocycles. The lowest BCUT2D eigenvalue weighted by Crippen LogP contribution is -2.35. The van der Waals surface area contributed by atoms with E-state index in [4.69, 9.17) is 16.0 Å². The molecule has 84 valence electrons. The summed E-state index contributed by atoms with van der Waals surface area (Å²) in [6, 6.07) is 3.11. The molecule has 0 spiro atoms. The van der Waals surface area contributed by atoms with E-state index < -0.39 is 0 Å². The van der Waals surface area contributed by atoms with Crippen LogP contribution in [0.2, 0.25) is 5.22 Å². The molecule has 1 heterocycles. The van der Waals surface area contributed by atoms with E-state index in [-0.39, 0.29) is 21.6 Å². The molecule has 0 saturated carbocycles. The fourth-order valence-electron chi connectivity index (χ4n) is 0.889. The quantitative estimate of drug-likeness (QED) is 0.890. The second-order valence-electron chi connectivity index (χ2n) is 3.75. The zero-order chi connectivity index (χ0) is 11.5. The van der Waals surface area contributed by atoms with Crippen LogP contribution in [0.5, 0.6) is 0 Å². The predicted molar refractivity (Wildman–Crippen MR) is 63.6 cm³/mol. The van der Waals surface area contributed by atoms with Crippen LogP contribution in [0.25, 0.3) is 0 Å². The number of nitrogens with one attached hydrogen (secondary N) is 1. The summed E-state index contributed by atoms with van der Waals surface area (Å²) in [6.07, 6.45) is 2.01. The summed E-state index contributed by atoms with van der Waals surface area (Å²) in [5.74, 6) is 0.0147. The van der Waals surface area contributed by atoms with Crippen LogP contribution in [0, 0.1) is 0 Å². The van der Waals surface area contributed by atoms with Crippen molar-refractivity contribution in [2.45, 2.75) is 18.6 Å². The number of halogens is 1. The molecule has 5 heteroatoms. The summed E-state index contributed by atoms with van der Waals surface area (Å²) in [6.45, 7) is 4.71. The molecule has 0 aliphatic rings. The zero-order valence-corrected chi connectivity index (χ0v) is 10.5. The van der Waals surface area contributed by atoms with E-state index in [2.05, 4.69) is 19.2 Å². The number of amides is 1. The Balaban J connectivity index is 2.50. The van der Waals surface area contributed by atoms with Gasteiger partial charge in [-0.05, 0) is 43.8 Å². The summed E-state index contributed by atoms with van der Waals surface area (Å²) in [5.41, 5.74) is 0. The minimum absolute atomic E-state index is 0.0199.